The maximum absolute atomic E-state index is 12.8. The molecule has 8 nitrogen and oxygen atoms in total. The van der Waals surface area contributed by atoms with Crippen LogP contribution in [0.2, 0.25) is 0 Å². The zero-order valence-corrected chi connectivity index (χ0v) is 14.5. The first-order valence-electron chi connectivity index (χ1n) is 7.87. The van der Waals surface area contributed by atoms with E-state index in [0.29, 0.717) is 24.4 Å². The number of rotatable bonds is 4. The van der Waals surface area contributed by atoms with Gasteiger partial charge >= 0.3 is 6.18 Å². The lowest BCUT2D eigenvalue weighted by Crippen LogP contribution is -2.34. The van der Waals surface area contributed by atoms with Crippen LogP contribution in [0.5, 0.6) is 0 Å². The highest BCUT2D eigenvalue weighted by molar-refractivity contribution is 7.09. The minimum atomic E-state index is -4.51. The molecule has 0 radical (unpaired) electrons. The van der Waals surface area contributed by atoms with Crippen molar-refractivity contribution in [1.82, 2.24) is 4.98 Å². The van der Waals surface area contributed by atoms with Crippen molar-refractivity contribution in [3.63, 3.8) is 0 Å². The molecule has 27 heavy (non-hydrogen) atoms. The maximum Gasteiger partial charge on any atom is 0.434 e. The van der Waals surface area contributed by atoms with Crippen LogP contribution < -0.4 is 4.90 Å². The third kappa shape index (κ3) is 3.99. The zero-order chi connectivity index (χ0) is 19.8. The normalized spacial score (nSPS) is 17.7. The smallest absolute Gasteiger partial charge is 0.365 e. The number of anilines is 1. The monoisotopic (exact) mass is 402 g/mol. The Labute approximate surface area is 154 Å². The van der Waals surface area contributed by atoms with E-state index in [1.54, 1.807) is 4.90 Å². The van der Waals surface area contributed by atoms with Crippen LogP contribution in [0.15, 0.2) is 23.6 Å². The molecule has 1 atom stereocenters. The van der Waals surface area contributed by atoms with E-state index in [0.717, 1.165) is 22.8 Å². The van der Waals surface area contributed by atoms with Crippen molar-refractivity contribution in [2.24, 2.45) is 0 Å². The van der Waals surface area contributed by atoms with Gasteiger partial charge in [0.1, 0.15) is 5.69 Å². The summed E-state index contributed by atoms with van der Waals surface area (Å²) < 4.78 is 38.3. The standard InChI is InChI=1S/C15H13F3N4O4S/c16-15(17,18)13-8-27-14(19-13)9-2-1-5-20(7-9)11-4-3-10(21(23)24)6-12(11)22(25)26/h3-4,6,8-9H,1-2,5,7H2. The van der Waals surface area contributed by atoms with Crippen molar-refractivity contribution < 1.29 is 23.0 Å². The number of benzene rings is 1. The molecular formula is C15H13F3N4O4S. The molecule has 2 heterocycles. The van der Waals surface area contributed by atoms with Crippen molar-refractivity contribution in [2.45, 2.75) is 24.9 Å². The molecule has 0 N–H and O–H groups in total. The number of nitro groups is 2. The van der Waals surface area contributed by atoms with Crippen molar-refractivity contribution in [3.8, 4) is 0 Å². The van der Waals surface area contributed by atoms with Crippen molar-refractivity contribution in [3.05, 3.63) is 54.5 Å². The molecule has 0 spiro atoms. The van der Waals surface area contributed by atoms with E-state index >= 15 is 0 Å². The van der Waals surface area contributed by atoms with Crippen LogP contribution >= 0.6 is 11.3 Å². The summed E-state index contributed by atoms with van der Waals surface area (Å²) in [6.45, 7) is 0.718. The Balaban J connectivity index is 1.87. The first-order valence-corrected chi connectivity index (χ1v) is 8.75. The van der Waals surface area contributed by atoms with Gasteiger partial charge in [-0.3, -0.25) is 20.2 Å². The molecule has 1 aromatic heterocycles. The topological polar surface area (TPSA) is 102 Å². The maximum atomic E-state index is 12.8. The van der Waals surface area contributed by atoms with E-state index in [2.05, 4.69) is 4.98 Å². The summed E-state index contributed by atoms with van der Waals surface area (Å²) >= 11 is 0.916. The average Bonchev–Trinajstić information content (AvgIpc) is 3.12. The van der Waals surface area contributed by atoms with Crippen LogP contribution in [0.4, 0.5) is 30.2 Å². The predicted octanol–water partition coefficient (Wildman–Crippen LogP) is 4.36. The molecule has 0 aliphatic carbocycles. The SMILES string of the molecule is O=[N+]([O-])c1ccc(N2CCCC(c3nc(C(F)(F)F)cs3)C2)c([N+](=O)[O-])c1. The number of hydrogen-bond donors (Lipinski definition) is 0. The van der Waals surface area contributed by atoms with Gasteiger partial charge in [-0.25, -0.2) is 4.98 Å². The fourth-order valence-corrected chi connectivity index (χ4v) is 4.00. The molecule has 1 aromatic carbocycles. The third-order valence-electron chi connectivity index (χ3n) is 4.29. The summed E-state index contributed by atoms with van der Waals surface area (Å²) in [4.78, 5) is 26.1. The number of piperidine rings is 1. The van der Waals surface area contributed by atoms with Crippen LogP contribution in [0.3, 0.4) is 0 Å². The number of alkyl halides is 3. The summed E-state index contributed by atoms with van der Waals surface area (Å²) in [7, 11) is 0. The highest BCUT2D eigenvalue weighted by atomic mass is 32.1. The Bertz CT molecular complexity index is 886. The number of thiazole rings is 1. The molecule has 12 heteroatoms. The summed E-state index contributed by atoms with van der Waals surface area (Å²) in [5.41, 5.74) is -1.53. The third-order valence-corrected chi connectivity index (χ3v) is 5.30. The number of halogens is 3. The van der Waals surface area contributed by atoms with Gasteiger partial charge in [-0.05, 0) is 18.9 Å². The van der Waals surface area contributed by atoms with Crippen LogP contribution in [0.25, 0.3) is 0 Å². The van der Waals surface area contributed by atoms with Gasteiger partial charge < -0.3 is 4.90 Å². The number of nitrogens with zero attached hydrogens (tertiary/aromatic N) is 4. The van der Waals surface area contributed by atoms with Crippen molar-refractivity contribution in [1.29, 1.82) is 0 Å². The number of nitro benzene ring substituents is 2. The molecule has 0 amide bonds. The second-order valence-corrected chi connectivity index (χ2v) is 6.93. The Kier molecular flexibility index (Phi) is 5.00. The fourth-order valence-electron chi connectivity index (χ4n) is 3.04. The van der Waals surface area contributed by atoms with Gasteiger partial charge in [0, 0.05) is 30.5 Å². The van der Waals surface area contributed by atoms with E-state index in [1.165, 1.54) is 12.1 Å². The first-order chi connectivity index (χ1) is 12.7. The summed E-state index contributed by atoms with van der Waals surface area (Å²) in [6, 6.07) is 3.38. The van der Waals surface area contributed by atoms with Gasteiger partial charge in [-0.15, -0.1) is 11.3 Å². The predicted molar refractivity (Wildman–Crippen MR) is 91.1 cm³/mol. The molecule has 0 saturated carbocycles. The Hall–Kier alpha value is -2.76. The molecule has 144 valence electrons. The minimum Gasteiger partial charge on any atom is -0.365 e. The minimum absolute atomic E-state index is 0.211. The van der Waals surface area contributed by atoms with E-state index in [-0.39, 0.29) is 18.2 Å². The van der Waals surface area contributed by atoms with Crippen LogP contribution in [0, 0.1) is 20.2 Å². The highest BCUT2D eigenvalue weighted by Gasteiger charge is 2.35. The quantitative estimate of drug-likeness (QED) is 0.556. The fraction of sp³-hybridized carbons (Fsp3) is 0.400. The van der Waals surface area contributed by atoms with Crippen molar-refractivity contribution in [2.75, 3.05) is 18.0 Å². The molecule has 1 aliphatic rings. The summed E-state index contributed by atoms with van der Waals surface area (Å²) in [5.74, 6) is -0.297. The Morgan fingerprint density at radius 1 is 1.22 bits per heavy atom. The largest absolute Gasteiger partial charge is 0.434 e. The van der Waals surface area contributed by atoms with Crippen LogP contribution in [-0.4, -0.2) is 27.9 Å². The van der Waals surface area contributed by atoms with E-state index in [4.69, 9.17) is 0 Å². The lowest BCUT2D eigenvalue weighted by Gasteiger charge is -2.33. The molecule has 1 aliphatic heterocycles. The lowest BCUT2D eigenvalue weighted by atomic mass is 9.98. The van der Waals surface area contributed by atoms with Crippen LogP contribution in [-0.2, 0) is 6.18 Å². The summed E-state index contributed by atoms with van der Waals surface area (Å²) in [5, 5.41) is 23.5. The van der Waals surface area contributed by atoms with Crippen LogP contribution in [0.1, 0.15) is 29.5 Å². The first kappa shape index (κ1) is 19.0. The zero-order valence-electron chi connectivity index (χ0n) is 13.7. The molecule has 3 rings (SSSR count). The van der Waals surface area contributed by atoms with Gasteiger partial charge in [-0.2, -0.15) is 13.2 Å². The van der Waals surface area contributed by atoms with Crippen molar-refractivity contribution >= 4 is 28.4 Å². The van der Waals surface area contributed by atoms with Gasteiger partial charge in [0.05, 0.1) is 20.9 Å². The van der Waals surface area contributed by atoms with E-state index < -0.39 is 33.1 Å². The number of non-ortho nitro benzene ring substituents is 1. The van der Waals surface area contributed by atoms with Gasteiger partial charge in [0.25, 0.3) is 11.4 Å². The van der Waals surface area contributed by atoms with E-state index in [9.17, 15) is 33.4 Å². The Morgan fingerprint density at radius 3 is 2.56 bits per heavy atom. The Morgan fingerprint density at radius 2 is 1.96 bits per heavy atom. The molecule has 2 aromatic rings. The molecule has 0 bridgehead atoms. The highest BCUT2D eigenvalue weighted by Crippen LogP contribution is 2.38. The molecular weight excluding hydrogens is 389 g/mol. The van der Waals surface area contributed by atoms with Gasteiger partial charge in [0.15, 0.2) is 5.69 Å². The second-order valence-electron chi connectivity index (χ2n) is 6.04. The van der Waals surface area contributed by atoms with E-state index in [1.807, 2.05) is 0 Å². The van der Waals surface area contributed by atoms with Gasteiger partial charge in [-0.1, -0.05) is 0 Å². The number of aromatic nitrogens is 1. The molecule has 1 unspecified atom stereocenters. The van der Waals surface area contributed by atoms with Gasteiger partial charge in [0.2, 0.25) is 0 Å². The molecule has 1 saturated heterocycles. The lowest BCUT2D eigenvalue weighted by molar-refractivity contribution is -0.393. The average molecular weight is 402 g/mol. The molecule has 1 fully saturated rings. The second kappa shape index (κ2) is 7.10. The summed E-state index contributed by atoms with van der Waals surface area (Å²) in [6.07, 6.45) is -3.29. The number of hydrogen-bond acceptors (Lipinski definition) is 7.